The Labute approximate surface area is 162 Å². The highest BCUT2D eigenvalue weighted by molar-refractivity contribution is 7.89. The van der Waals surface area contributed by atoms with Crippen molar-refractivity contribution >= 4 is 15.9 Å². The maximum atomic E-state index is 12.8. The molecule has 0 radical (unpaired) electrons. The highest BCUT2D eigenvalue weighted by atomic mass is 32.2. The number of hydrogen-bond acceptors (Lipinski definition) is 4. The summed E-state index contributed by atoms with van der Waals surface area (Å²) < 4.78 is 32.9. The number of nitrogens with zero attached hydrogens (tertiary/aromatic N) is 1. The van der Waals surface area contributed by atoms with Crippen molar-refractivity contribution < 1.29 is 17.9 Å². The van der Waals surface area contributed by atoms with E-state index in [2.05, 4.69) is 12.2 Å². The number of carbonyl (C=O) groups excluding carboxylic acids is 1. The van der Waals surface area contributed by atoms with E-state index in [1.807, 2.05) is 0 Å². The van der Waals surface area contributed by atoms with Crippen LogP contribution in [0.15, 0.2) is 35.2 Å². The van der Waals surface area contributed by atoms with Crippen LogP contribution in [0.25, 0.3) is 0 Å². The van der Waals surface area contributed by atoms with Crippen LogP contribution in [0.1, 0.15) is 45.4 Å². The quantitative estimate of drug-likeness (QED) is 0.721. The van der Waals surface area contributed by atoms with E-state index in [1.165, 1.54) is 23.6 Å². The summed E-state index contributed by atoms with van der Waals surface area (Å²) in [4.78, 5) is 12.8. The predicted octanol–water partition coefficient (Wildman–Crippen LogP) is 2.55. The molecule has 1 N–H and O–H groups in total. The fourth-order valence-electron chi connectivity index (χ4n) is 4.05. The van der Waals surface area contributed by atoms with E-state index in [1.54, 1.807) is 30.3 Å². The van der Waals surface area contributed by atoms with E-state index < -0.39 is 16.1 Å². The number of benzene rings is 1. The smallest absolute Gasteiger partial charge is 0.243 e. The van der Waals surface area contributed by atoms with Gasteiger partial charge in [0.25, 0.3) is 0 Å². The summed E-state index contributed by atoms with van der Waals surface area (Å²) in [5.41, 5.74) is 0. The lowest BCUT2D eigenvalue weighted by atomic mass is 9.88. The number of carbonyl (C=O) groups is 1. The first-order valence-corrected chi connectivity index (χ1v) is 11.4. The average molecular weight is 395 g/mol. The maximum absolute atomic E-state index is 12.8. The lowest BCUT2D eigenvalue weighted by Gasteiger charge is -2.29. The van der Waals surface area contributed by atoms with Gasteiger partial charge >= 0.3 is 0 Å². The van der Waals surface area contributed by atoms with Gasteiger partial charge in [-0.25, -0.2) is 8.42 Å². The van der Waals surface area contributed by atoms with Gasteiger partial charge in [0.2, 0.25) is 15.9 Å². The molecule has 1 aliphatic carbocycles. The molecule has 6 nitrogen and oxygen atoms in total. The normalized spacial score (nSPS) is 26.8. The Hall–Kier alpha value is -1.44. The van der Waals surface area contributed by atoms with Crippen LogP contribution in [0.5, 0.6) is 0 Å². The number of hydrogen-bond donors (Lipinski definition) is 1. The van der Waals surface area contributed by atoms with Crippen LogP contribution in [0.4, 0.5) is 0 Å². The summed E-state index contributed by atoms with van der Waals surface area (Å²) in [6.07, 6.45) is 6.28. The number of sulfonamides is 1. The van der Waals surface area contributed by atoms with E-state index in [4.69, 9.17) is 4.74 Å². The summed E-state index contributed by atoms with van der Waals surface area (Å²) in [5.74, 6) is 0.336. The third kappa shape index (κ3) is 4.89. The van der Waals surface area contributed by atoms with Crippen LogP contribution in [-0.4, -0.2) is 50.5 Å². The van der Waals surface area contributed by atoms with E-state index in [9.17, 15) is 13.2 Å². The molecule has 1 aromatic rings. The molecular formula is C20H30N2O4S. The van der Waals surface area contributed by atoms with E-state index in [-0.39, 0.29) is 16.9 Å². The first-order chi connectivity index (χ1) is 13.0. The van der Waals surface area contributed by atoms with E-state index >= 15 is 0 Å². The zero-order valence-electron chi connectivity index (χ0n) is 16.0. The van der Waals surface area contributed by atoms with Crippen molar-refractivity contribution in [2.24, 2.45) is 5.92 Å². The minimum absolute atomic E-state index is 0.229. The number of ether oxygens (including phenoxy) is 1. The van der Waals surface area contributed by atoms with Crippen LogP contribution in [0.2, 0.25) is 0 Å². The fraction of sp³-hybridized carbons (Fsp3) is 0.650. The predicted molar refractivity (Wildman–Crippen MR) is 104 cm³/mol. The minimum atomic E-state index is -3.65. The third-order valence-corrected chi connectivity index (χ3v) is 7.54. The zero-order valence-corrected chi connectivity index (χ0v) is 16.8. The van der Waals surface area contributed by atoms with Gasteiger partial charge in [0.15, 0.2) is 0 Å². The molecule has 7 heteroatoms. The summed E-state index contributed by atoms with van der Waals surface area (Å²) in [6.45, 7) is 3.48. The summed E-state index contributed by atoms with van der Waals surface area (Å²) in [5, 5.41) is 2.86. The molecule has 0 bridgehead atoms. The highest BCUT2D eigenvalue weighted by Crippen LogP contribution is 2.27. The van der Waals surface area contributed by atoms with Gasteiger partial charge in [-0.2, -0.15) is 4.31 Å². The van der Waals surface area contributed by atoms with Gasteiger partial charge in [0.1, 0.15) is 6.04 Å². The first-order valence-electron chi connectivity index (χ1n) is 9.96. The van der Waals surface area contributed by atoms with Gasteiger partial charge < -0.3 is 10.1 Å². The highest BCUT2D eigenvalue weighted by Gasteiger charge is 2.39. The second-order valence-corrected chi connectivity index (χ2v) is 9.44. The minimum Gasteiger partial charge on any atom is -0.376 e. The fourth-order valence-corrected chi connectivity index (χ4v) is 5.73. The molecule has 3 rings (SSSR count). The van der Waals surface area contributed by atoms with Gasteiger partial charge in [-0.3, -0.25) is 4.79 Å². The molecule has 1 saturated carbocycles. The van der Waals surface area contributed by atoms with Crippen molar-refractivity contribution in [3.63, 3.8) is 0 Å². The van der Waals surface area contributed by atoms with Crippen molar-refractivity contribution in [1.82, 2.24) is 9.62 Å². The third-order valence-electron chi connectivity index (χ3n) is 5.62. The van der Waals surface area contributed by atoms with Crippen molar-refractivity contribution in [2.75, 3.05) is 19.7 Å². The molecular weight excluding hydrogens is 364 g/mol. The van der Waals surface area contributed by atoms with Crippen molar-refractivity contribution in [2.45, 2.75) is 62.5 Å². The molecule has 0 aromatic heterocycles. The Morgan fingerprint density at radius 3 is 2.63 bits per heavy atom. The lowest BCUT2D eigenvalue weighted by molar-refractivity contribution is -0.124. The Morgan fingerprint density at radius 2 is 1.89 bits per heavy atom. The molecule has 27 heavy (non-hydrogen) atoms. The molecule has 1 amide bonds. The Morgan fingerprint density at radius 1 is 1.15 bits per heavy atom. The van der Waals surface area contributed by atoms with Crippen molar-refractivity contribution in [1.29, 1.82) is 0 Å². The van der Waals surface area contributed by atoms with Gasteiger partial charge in [-0.05, 0) is 43.7 Å². The summed E-state index contributed by atoms with van der Waals surface area (Å²) in [7, 11) is -3.65. The van der Waals surface area contributed by atoms with Gasteiger partial charge in [-0.1, -0.05) is 38.0 Å². The van der Waals surface area contributed by atoms with E-state index in [0.717, 1.165) is 6.42 Å². The Kier molecular flexibility index (Phi) is 6.89. The molecule has 150 valence electrons. The number of rotatable bonds is 7. The molecule has 1 saturated heterocycles. The molecule has 3 atom stereocenters. The molecule has 2 aliphatic rings. The molecule has 0 spiro atoms. The topological polar surface area (TPSA) is 75.7 Å². The van der Waals surface area contributed by atoms with Crippen molar-refractivity contribution in [3.05, 3.63) is 30.3 Å². The van der Waals surface area contributed by atoms with Crippen LogP contribution in [0.3, 0.4) is 0 Å². The molecule has 2 fully saturated rings. The van der Waals surface area contributed by atoms with Crippen LogP contribution >= 0.6 is 0 Å². The van der Waals surface area contributed by atoms with Gasteiger partial charge in [-0.15, -0.1) is 0 Å². The number of amides is 1. The van der Waals surface area contributed by atoms with E-state index in [0.29, 0.717) is 38.5 Å². The maximum Gasteiger partial charge on any atom is 0.243 e. The first kappa shape index (κ1) is 20.3. The second-order valence-electron chi connectivity index (χ2n) is 7.55. The second kappa shape index (κ2) is 9.17. The monoisotopic (exact) mass is 394 g/mol. The zero-order chi connectivity index (χ0) is 19.3. The molecule has 1 aromatic carbocycles. The molecule has 1 heterocycles. The lowest BCUT2D eigenvalue weighted by Crippen LogP contribution is -2.46. The molecule has 1 aliphatic heterocycles. The SMILES string of the molecule is C[C@@H]1CCCC[C@@H]1OCCNC(=O)[C@H]1CCCN1S(=O)(=O)c1ccccc1. The Bertz CT molecular complexity index is 723. The number of nitrogens with one attached hydrogen (secondary N) is 1. The summed E-state index contributed by atoms with van der Waals surface area (Å²) >= 11 is 0. The van der Waals surface area contributed by atoms with Gasteiger partial charge in [0.05, 0.1) is 17.6 Å². The van der Waals surface area contributed by atoms with Crippen molar-refractivity contribution in [3.8, 4) is 0 Å². The van der Waals surface area contributed by atoms with Crippen LogP contribution in [-0.2, 0) is 19.6 Å². The molecule has 0 unspecified atom stereocenters. The summed E-state index contributed by atoms with van der Waals surface area (Å²) in [6, 6.07) is 7.68. The largest absolute Gasteiger partial charge is 0.376 e. The average Bonchev–Trinajstić information content (AvgIpc) is 3.18. The van der Waals surface area contributed by atoms with Crippen LogP contribution in [0, 0.1) is 5.92 Å². The standard InChI is InChI=1S/C20H30N2O4S/c1-16-8-5-6-12-19(16)26-15-13-21-20(23)18-11-7-14-22(18)27(24,25)17-9-3-2-4-10-17/h2-4,9-10,16,18-19H,5-8,11-15H2,1H3,(H,21,23)/t16-,18-,19+/m1/s1. The Balaban J connectivity index is 1.51. The van der Waals surface area contributed by atoms with Crippen LogP contribution < -0.4 is 5.32 Å². The van der Waals surface area contributed by atoms with Gasteiger partial charge in [0, 0.05) is 13.1 Å².